The zero-order valence-corrected chi connectivity index (χ0v) is 10.8. The Morgan fingerprint density at radius 1 is 1.59 bits per heavy atom. The van der Waals surface area contributed by atoms with Crippen LogP contribution in [0, 0.1) is 12.8 Å². The fourth-order valence-electron chi connectivity index (χ4n) is 2.57. The summed E-state index contributed by atoms with van der Waals surface area (Å²) in [5, 5.41) is 3.59. The monoisotopic (exact) mass is 234 g/mol. The van der Waals surface area contributed by atoms with Crippen molar-refractivity contribution in [2.45, 2.75) is 32.7 Å². The van der Waals surface area contributed by atoms with Crippen LogP contribution in [0.3, 0.4) is 0 Å². The molecule has 2 unspecified atom stereocenters. The number of pyridine rings is 1. The highest BCUT2D eigenvalue weighted by molar-refractivity contribution is 5.20. The smallest absolute Gasteiger partial charge is 0.0512 e. The molecule has 0 spiro atoms. The standard InChI is InChI=1S/C14H22N2O/c1-3-15-14(13-5-4-8-17-10-13)12-6-7-16-11(2)9-12/h6-7,9,13-15H,3-5,8,10H2,1-2H3. The first-order chi connectivity index (χ1) is 8.31. The van der Waals surface area contributed by atoms with Gasteiger partial charge in [-0.2, -0.15) is 0 Å². The van der Waals surface area contributed by atoms with E-state index in [9.17, 15) is 0 Å². The Hall–Kier alpha value is -0.930. The van der Waals surface area contributed by atoms with E-state index in [0.29, 0.717) is 12.0 Å². The van der Waals surface area contributed by atoms with Gasteiger partial charge in [-0.1, -0.05) is 6.92 Å². The van der Waals surface area contributed by atoms with Crippen molar-refractivity contribution in [3.05, 3.63) is 29.6 Å². The quantitative estimate of drug-likeness (QED) is 0.869. The van der Waals surface area contributed by atoms with Crippen LogP contribution in [0.25, 0.3) is 0 Å². The fraction of sp³-hybridized carbons (Fsp3) is 0.643. The summed E-state index contributed by atoms with van der Waals surface area (Å²) in [5.41, 5.74) is 2.43. The number of aryl methyl sites for hydroxylation is 1. The van der Waals surface area contributed by atoms with E-state index in [1.807, 2.05) is 13.1 Å². The molecule has 1 aliphatic rings. The summed E-state index contributed by atoms with van der Waals surface area (Å²) < 4.78 is 5.61. The maximum atomic E-state index is 5.61. The van der Waals surface area contributed by atoms with Gasteiger partial charge in [0.05, 0.1) is 6.61 Å². The molecule has 1 N–H and O–H groups in total. The summed E-state index contributed by atoms with van der Waals surface area (Å²) in [5.74, 6) is 0.588. The van der Waals surface area contributed by atoms with Crippen molar-refractivity contribution in [2.75, 3.05) is 19.8 Å². The molecule has 1 aliphatic heterocycles. The molecule has 2 heterocycles. The van der Waals surface area contributed by atoms with Crippen LogP contribution in [0.4, 0.5) is 0 Å². The lowest BCUT2D eigenvalue weighted by atomic mass is 9.89. The summed E-state index contributed by atoms with van der Waals surface area (Å²) >= 11 is 0. The number of hydrogen-bond donors (Lipinski definition) is 1. The topological polar surface area (TPSA) is 34.2 Å². The van der Waals surface area contributed by atoms with E-state index in [-0.39, 0.29) is 0 Å². The minimum Gasteiger partial charge on any atom is -0.381 e. The summed E-state index contributed by atoms with van der Waals surface area (Å²) in [6, 6.07) is 4.71. The lowest BCUT2D eigenvalue weighted by molar-refractivity contribution is 0.0392. The highest BCUT2D eigenvalue weighted by Crippen LogP contribution is 2.28. The molecular weight excluding hydrogens is 212 g/mol. The van der Waals surface area contributed by atoms with Gasteiger partial charge in [-0.15, -0.1) is 0 Å². The molecule has 2 rings (SSSR count). The maximum Gasteiger partial charge on any atom is 0.0512 e. The molecule has 94 valence electrons. The van der Waals surface area contributed by atoms with Gasteiger partial charge in [0.25, 0.3) is 0 Å². The molecule has 3 nitrogen and oxygen atoms in total. The third-order valence-electron chi connectivity index (χ3n) is 3.37. The van der Waals surface area contributed by atoms with Crippen molar-refractivity contribution in [1.82, 2.24) is 10.3 Å². The van der Waals surface area contributed by atoms with Crippen molar-refractivity contribution in [3.63, 3.8) is 0 Å². The number of hydrogen-bond acceptors (Lipinski definition) is 3. The van der Waals surface area contributed by atoms with Crippen LogP contribution in [0.2, 0.25) is 0 Å². The fourth-order valence-corrected chi connectivity index (χ4v) is 2.57. The zero-order chi connectivity index (χ0) is 12.1. The molecule has 0 aromatic carbocycles. The van der Waals surface area contributed by atoms with Crippen molar-refractivity contribution < 1.29 is 4.74 Å². The number of nitrogens with zero attached hydrogens (tertiary/aromatic N) is 1. The highest BCUT2D eigenvalue weighted by atomic mass is 16.5. The van der Waals surface area contributed by atoms with E-state index in [0.717, 1.165) is 25.5 Å². The van der Waals surface area contributed by atoms with Gasteiger partial charge < -0.3 is 10.1 Å². The minimum atomic E-state index is 0.405. The van der Waals surface area contributed by atoms with E-state index in [1.54, 1.807) is 0 Å². The van der Waals surface area contributed by atoms with Crippen LogP contribution < -0.4 is 5.32 Å². The average Bonchev–Trinajstić information content (AvgIpc) is 2.37. The third kappa shape index (κ3) is 3.27. The number of nitrogens with one attached hydrogen (secondary N) is 1. The largest absolute Gasteiger partial charge is 0.381 e. The molecular formula is C14H22N2O. The molecule has 0 bridgehead atoms. The van der Waals surface area contributed by atoms with Crippen molar-refractivity contribution in [1.29, 1.82) is 0 Å². The molecule has 0 amide bonds. The Bertz CT molecular complexity index is 348. The molecule has 3 heteroatoms. The lowest BCUT2D eigenvalue weighted by Crippen LogP contribution is -2.33. The maximum absolute atomic E-state index is 5.61. The highest BCUT2D eigenvalue weighted by Gasteiger charge is 2.24. The van der Waals surface area contributed by atoms with Gasteiger partial charge in [0, 0.05) is 30.5 Å². The van der Waals surface area contributed by atoms with Crippen molar-refractivity contribution >= 4 is 0 Å². The van der Waals surface area contributed by atoms with E-state index in [1.165, 1.54) is 18.4 Å². The summed E-state index contributed by atoms with van der Waals surface area (Å²) in [4.78, 5) is 4.27. The van der Waals surface area contributed by atoms with E-state index in [4.69, 9.17) is 4.74 Å². The number of ether oxygens (including phenoxy) is 1. The Morgan fingerprint density at radius 2 is 2.47 bits per heavy atom. The van der Waals surface area contributed by atoms with Gasteiger partial charge in [-0.3, -0.25) is 4.98 Å². The Labute approximate surface area is 104 Å². The molecule has 0 radical (unpaired) electrons. The van der Waals surface area contributed by atoms with Crippen LogP contribution in [-0.4, -0.2) is 24.7 Å². The molecule has 0 aliphatic carbocycles. The van der Waals surface area contributed by atoms with E-state index in [2.05, 4.69) is 29.4 Å². The van der Waals surface area contributed by atoms with Gasteiger partial charge in [0.15, 0.2) is 0 Å². The van der Waals surface area contributed by atoms with Crippen LogP contribution >= 0.6 is 0 Å². The van der Waals surface area contributed by atoms with Crippen LogP contribution in [0.15, 0.2) is 18.3 Å². The first kappa shape index (κ1) is 12.5. The van der Waals surface area contributed by atoms with Gasteiger partial charge in [0.1, 0.15) is 0 Å². The van der Waals surface area contributed by atoms with E-state index >= 15 is 0 Å². The summed E-state index contributed by atoms with van der Waals surface area (Å²) in [6.07, 6.45) is 4.33. The molecule has 1 aromatic heterocycles. The second-order valence-electron chi connectivity index (χ2n) is 4.74. The first-order valence-electron chi connectivity index (χ1n) is 6.55. The molecule has 1 fully saturated rings. The van der Waals surface area contributed by atoms with Gasteiger partial charge in [-0.05, 0) is 44.0 Å². The lowest BCUT2D eigenvalue weighted by Gasteiger charge is -2.31. The molecule has 17 heavy (non-hydrogen) atoms. The average molecular weight is 234 g/mol. The number of rotatable bonds is 4. The number of aromatic nitrogens is 1. The van der Waals surface area contributed by atoms with Crippen LogP contribution in [-0.2, 0) is 4.74 Å². The predicted octanol–water partition coefficient (Wildman–Crippen LogP) is 2.47. The first-order valence-corrected chi connectivity index (χ1v) is 6.55. The zero-order valence-electron chi connectivity index (χ0n) is 10.8. The Morgan fingerprint density at radius 3 is 3.12 bits per heavy atom. The van der Waals surface area contributed by atoms with Crippen LogP contribution in [0.1, 0.15) is 37.1 Å². The normalized spacial score (nSPS) is 22.4. The Balaban J connectivity index is 2.15. The predicted molar refractivity (Wildman–Crippen MR) is 68.9 cm³/mol. The van der Waals surface area contributed by atoms with Gasteiger partial charge >= 0.3 is 0 Å². The molecule has 1 aromatic rings. The third-order valence-corrected chi connectivity index (χ3v) is 3.37. The van der Waals surface area contributed by atoms with Crippen LogP contribution in [0.5, 0.6) is 0 Å². The summed E-state index contributed by atoms with van der Waals surface area (Å²) in [7, 11) is 0. The second kappa shape index (κ2) is 6.12. The summed E-state index contributed by atoms with van der Waals surface area (Å²) in [6.45, 7) is 6.99. The van der Waals surface area contributed by atoms with Gasteiger partial charge in [0.2, 0.25) is 0 Å². The minimum absolute atomic E-state index is 0.405. The molecule has 1 saturated heterocycles. The van der Waals surface area contributed by atoms with Crippen molar-refractivity contribution in [3.8, 4) is 0 Å². The van der Waals surface area contributed by atoms with E-state index < -0.39 is 0 Å². The second-order valence-corrected chi connectivity index (χ2v) is 4.74. The molecule has 2 atom stereocenters. The van der Waals surface area contributed by atoms with Gasteiger partial charge in [-0.25, -0.2) is 0 Å². The SMILES string of the molecule is CCNC(c1ccnc(C)c1)C1CCCOC1. The molecule has 0 saturated carbocycles. The Kier molecular flexibility index (Phi) is 4.51. The van der Waals surface area contributed by atoms with Crippen molar-refractivity contribution in [2.24, 2.45) is 5.92 Å².